The number of halogens is 3. The standard InChI is InChI=1S/C15H13F3N4O3/c1-21-14(24)22(25-13(23)15(16,17)18)11-5-4-8-6-10(12(19)20)3-2-9(8)7-11/h2-7H,1H3,(H3,19,20)(H,21,24). The fourth-order valence-corrected chi connectivity index (χ4v) is 1.97. The van der Waals surface area contributed by atoms with Gasteiger partial charge in [-0.2, -0.15) is 13.2 Å². The first kappa shape index (κ1) is 18.0. The highest BCUT2D eigenvalue weighted by atomic mass is 19.4. The van der Waals surface area contributed by atoms with Crippen molar-refractivity contribution in [1.29, 1.82) is 5.41 Å². The van der Waals surface area contributed by atoms with Crippen LogP contribution in [0.15, 0.2) is 36.4 Å². The smallest absolute Gasteiger partial charge is 0.384 e. The number of amides is 2. The van der Waals surface area contributed by atoms with Crippen molar-refractivity contribution in [2.45, 2.75) is 6.18 Å². The summed E-state index contributed by atoms with van der Waals surface area (Å²) in [6.45, 7) is 0. The third kappa shape index (κ3) is 3.97. The van der Waals surface area contributed by atoms with Crippen molar-refractivity contribution in [2.75, 3.05) is 12.1 Å². The van der Waals surface area contributed by atoms with E-state index in [4.69, 9.17) is 11.1 Å². The molecule has 132 valence electrons. The second kappa shape index (κ2) is 6.67. The predicted molar refractivity (Wildman–Crippen MR) is 84.0 cm³/mol. The van der Waals surface area contributed by atoms with Gasteiger partial charge in [-0.05, 0) is 29.0 Å². The third-order valence-electron chi connectivity index (χ3n) is 3.17. The monoisotopic (exact) mass is 354 g/mol. The summed E-state index contributed by atoms with van der Waals surface area (Å²) >= 11 is 0. The number of hydrogen-bond acceptors (Lipinski definition) is 4. The molecule has 0 fully saturated rings. The van der Waals surface area contributed by atoms with Crippen LogP contribution in [0.2, 0.25) is 0 Å². The number of fused-ring (bicyclic) bond motifs is 1. The maximum Gasteiger partial charge on any atom is 0.493 e. The van der Waals surface area contributed by atoms with Crippen molar-refractivity contribution in [2.24, 2.45) is 5.73 Å². The van der Waals surface area contributed by atoms with Gasteiger partial charge in [0.1, 0.15) is 5.84 Å². The Labute approximate surface area is 139 Å². The highest BCUT2D eigenvalue weighted by Gasteiger charge is 2.43. The van der Waals surface area contributed by atoms with Crippen molar-refractivity contribution in [3.63, 3.8) is 0 Å². The van der Waals surface area contributed by atoms with Crippen molar-refractivity contribution < 1.29 is 27.6 Å². The van der Waals surface area contributed by atoms with Gasteiger partial charge in [0, 0.05) is 12.6 Å². The lowest BCUT2D eigenvalue weighted by Gasteiger charge is -2.21. The number of nitrogens with two attached hydrogens (primary N) is 1. The molecule has 10 heteroatoms. The number of nitrogens with one attached hydrogen (secondary N) is 2. The molecule has 0 saturated heterocycles. The number of rotatable bonds is 2. The first-order valence-corrected chi connectivity index (χ1v) is 6.82. The van der Waals surface area contributed by atoms with Gasteiger partial charge in [0.05, 0.1) is 5.69 Å². The maximum absolute atomic E-state index is 12.4. The molecule has 7 nitrogen and oxygen atoms in total. The molecule has 0 aliphatic heterocycles. The minimum atomic E-state index is -5.25. The molecule has 0 bridgehead atoms. The van der Waals surface area contributed by atoms with E-state index in [0.29, 0.717) is 16.3 Å². The molecule has 0 heterocycles. The number of amidine groups is 1. The molecule has 0 radical (unpaired) electrons. The van der Waals surface area contributed by atoms with Gasteiger partial charge in [0.25, 0.3) is 0 Å². The molecular weight excluding hydrogens is 341 g/mol. The number of benzene rings is 2. The SMILES string of the molecule is CNC(=O)N(OC(=O)C(F)(F)F)c1ccc2cc(C(=N)N)ccc2c1. The molecule has 0 unspecified atom stereocenters. The number of nitrogens with zero attached hydrogens (tertiary/aromatic N) is 1. The molecule has 25 heavy (non-hydrogen) atoms. The van der Waals surface area contributed by atoms with Crippen molar-refractivity contribution in [3.05, 3.63) is 42.0 Å². The quantitative estimate of drug-likeness (QED) is 0.437. The van der Waals surface area contributed by atoms with Gasteiger partial charge in [0.2, 0.25) is 0 Å². The summed E-state index contributed by atoms with van der Waals surface area (Å²) in [5.41, 5.74) is 5.78. The van der Waals surface area contributed by atoms with E-state index in [1.54, 1.807) is 18.2 Å². The lowest BCUT2D eigenvalue weighted by atomic mass is 10.1. The summed E-state index contributed by atoms with van der Waals surface area (Å²) in [6.07, 6.45) is -5.25. The Balaban J connectivity index is 2.43. The molecular formula is C15H13F3N4O3. The summed E-state index contributed by atoms with van der Waals surface area (Å²) in [6, 6.07) is 7.81. The van der Waals surface area contributed by atoms with Crippen LogP contribution in [0.4, 0.5) is 23.7 Å². The van der Waals surface area contributed by atoms with Gasteiger partial charge < -0.3 is 15.9 Å². The topological polar surface area (TPSA) is 109 Å². The predicted octanol–water partition coefficient (Wildman–Crippen LogP) is 2.29. The van der Waals surface area contributed by atoms with E-state index in [-0.39, 0.29) is 16.6 Å². The molecule has 2 aromatic carbocycles. The van der Waals surface area contributed by atoms with Gasteiger partial charge in [-0.3, -0.25) is 5.41 Å². The summed E-state index contributed by atoms with van der Waals surface area (Å²) in [5, 5.41) is 10.9. The Morgan fingerprint density at radius 2 is 1.76 bits per heavy atom. The Bertz CT molecular complexity index is 852. The fourth-order valence-electron chi connectivity index (χ4n) is 1.97. The van der Waals surface area contributed by atoms with E-state index in [0.717, 1.165) is 0 Å². The van der Waals surface area contributed by atoms with Crippen LogP contribution in [0.3, 0.4) is 0 Å². The highest BCUT2D eigenvalue weighted by Crippen LogP contribution is 2.25. The molecule has 2 amide bonds. The van der Waals surface area contributed by atoms with E-state index >= 15 is 0 Å². The first-order chi connectivity index (χ1) is 11.6. The molecule has 0 aromatic heterocycles. The van der Waals surface area contributed by atoms with Crippen LogP contribution in [-0.4, -0.2) is 31.1 Å². The van der Waals surface area contributed by atoms with Gasteiger partial charge in [-0.15, -0.1) is 5.06 Å². The molecule has 0 atom stereocenters. The van der Waals surface area contributed by atoms with E-state index < -0.39 is 18.2 Å². The lowest BCUT2D eigenvalue weighted by Crippen LogP contribution is -2.43. The summed E-state index contributed by atoms with van der Waals surface area (Å²) in [4.78, 5) is 27.0. The summed E-state index contributed by atoms with van der Waals surface area (Å²) < 4.78 is 37.2. The van der Waals surface area contributed by atoms with Crippen LogP contribution in [0, 0.1) is 5.41 Å². The minimum absolute atomic E-state index is 0.0833. The van der Waals surface area contributed by atoms with Crippen molar-refractivity contribution in [3.8, 4) is 0 Å². The summed E-state index contributed by atoms with van der Waals surface area (Å²) in [7, 11) is 1.18. The van der Waals surface area contributed by atoms with Crippen LogP contribution in [0.1, 0.15) is 5.56 Å². The number of anilines is 1. The number of carbonyl (C=O) groups excluding carboxylic acids is 2. The maximum atomic E-state index is 12.4. The molecule has 0 aliphatic rings. The Morgan fingerprint density at radius 1 is 1.16 bits per heavy atom. The summed E-state index contributed by atoms with van der Waals surface area (Å²) in [5.74, 6) is -2.67. The van der Waals surface area contributed by atoms with Crippen LogP contribution >= 0.6 is 0 Å². The Hall–Kier alpha value is -3.30. The lowest BCUT2D eigenvalue weighted by molar-refractivity contribution is -0.199. The van der Waals surface area contributed by atoms with E-state index in [1.807, 2.05) is 0 Å². The second-order valence-electron chi connectivity index (χ2n) is 4.89. The number of hydroxylamine groups is 1. The van der Waals surface area contributed by atoms with Gasteiger partial charge in [0.15, 0.2) is 0 Å². The zero-order valence-corrected chi connectivity index (χ0v) is 12.8. The number of nitrogen functional groups attached to an aromatic ring is 1. The van der Waals surface area contributed by atoms with E-state index in [9.17, 15) is 22.8 Å². The number of urea groups is 1. The van der Waals surface area contributed by atoms with E-state index in [1.165, 1.54) is 25.2 Å². The Kier molecular flexibility index (Phi) is 4.82. The van der Waals surface area contributed by atoms with Crippen LogP contribution < -0.4 is 16.1 Å². The van der Waals surface area contributed by atoms with Crippen molar-refractivity contribution >= 4 is 34.3 Å². The molecule has 0 spiro atoms. The average Bonchev–Trinajstić information content (AvgIpc) is 2.56. The molecule has 2 rings (SSSR count). The average molecular weight is 354 g/mol. The van der Waals surface area contributed by atoms with Crippen molar-refractivity contribution in [1.82, 2.24) is 5.32 Å². The van der Waals surface area contributed by atoms with Crippen LogP contribution in [-0.2, 0) is 9.63 Å². The van der Waals surface area contributed by atoms with Gasteiger partial charge in [-0.1, -0.05) is 18.2 Å². The zero-order valence-electron chi connectivity index (χ0n) is 12.8. The molecule has 2 aromatic rings. The normalized spacial score (nSPS) is 11.0. The third-order valence-corrected chi connectivity index (χ3v) is 3.17. The van der Waals surface area contributed by atoms with Crippen LogP contribution in [0.25, 0.3) is 10.8 Å². The largest absolute Gasteiger partial charge is 0.493 e. The minimum Gasteiger partial charge on any atom is -0.384 e. The van der Waals surface area contributed by atoms with Crippen LogP contribution in [0.5, 0.6) is 0 Å². The molecule has 0 aliphatic carbocycles. The van der Waals surface area contributed by atoms with E-state index in [2.05, 4.69) is 10.2 Å². The fraction of sp³-hybridized carbons (Fsp3) is 0.133. The Morgan fingerprint density at radius 3 is 2.32 bits per heavy atom. The first-order valence-electron chi connectivity index (χ1n) is 6.82. The number of alkyl halides is 3. The van der Waals surface area contributed by atoms with Gasteiger partial charge >= 0.3 is 18.2 Å². The molecule has 4 N–H and O–H groups in total. The highest BCUT2D eigenvalue weighted by molar-refractivity contribution is 6.00. The zero-order chi connectivity index (χ0) is 18.8. The molecule has 0 saturated carbocycles. The van der Waals surface area contributed by atoms with Gasteiger partial charge in [-0.25, -0.2) is 9.59 Å². The second-order valence-corrected chi connectivity index (χ2v) is 4.89. The number of carbonyl (C=O) groups is 2. The number of hydrogen-bond donors (Lipinski definition) is 3.